The number of hydrogen-bond donors (Lipinski definition) is 1. The van der Waals surface area contributed by atoms with Crippen molar-refractivity contribution >= 4 is 11.7 Å². The van der Waals surface area contributed by atoms with Gasteiger partial charge in [0.05, 0.1) is 5.92 Å². The van der Waals surface area contributed by atoms with Crippen molar-refractivity contribution in [3.05, 3.63) is 78.2 Å². The minimum absolute atomic E-state index is 0.0725. The Balaban J connectivity index is 1.42. The molecule has 1 saturated heterocycles. The van der Waals surface area contributed by atoms with Crippen LogP contribution in [-0.2, 0) is 11.3 Å². The smallest absolute Gasteiger partial charge is 0.225 e. The molecule has 0 aliphatic carbocycles. The van der Waals surface area contributed by atoms with E-state index >= 15 is 0 Å². The minimum Gasteiger partial charge on any atom is -0.356 e. The molecule has 0 bridgehead atoms. The van der Waals surface area contributed by atoms with Crippen LogP contribution >= 0.6 is 0 Å². The van der Waals surface area contributed by atoms with Crippen LogP contribution in [0.4, 0.5) is 10.2 Å². The first-order chi connectivity index (χ1) is 14.2. The third kappa shape index (κ3) is 4.77. The van der Waals surface area contributed by atoms with Crippen LogP contribution in [0, 0.1) is 11.7 Å². The van der Waals surface area contributed by atoms with Gasteiger partial charge in [0.2, 0.25) is 5.91 Å². The van der Waals surface area contributed by atoms with Gasteiger partial charge in [-0.25, -0.2) is 14.4 Å². The number of carbonyl (C=O) groups is 1. The van der Waals surface area contributed by atoms with Gasteiger partial charge in [-0.3, -0.25) is 4.79 Å². The van der Waals surface area contributed by atoms with E-state index in [0.29, 0.717) is 18.9 Å². The molecule has 0 saturated carbocycles. The molecule has 1 fully saturated rings. The van der Waals surface area contributed by atoms with Crippen LogP contribution in [0.25, 0.3) is 11.4 Å². The van der Waals surface area contributed by atoms with E-state index in [0.717, 1.165) is 36.3 Å². The normalized spacial score (nSPS) is 16.4. The second-order valence-corrected chi connectivity index (χ2v) is 7.23. The molecular weight excluding hydrogens is 367 g/mol. The number of halogens is 1. The van der Waals surface area contributed by atoms with E-state index in [-0.39, 0.29) is 17.6 Å². The van der Waals surface area contributed by atoms with Crippen molar-refractivity contribution in [2.45, 2.75) is 19.4 Å². The number of piperidine rings is 1. The molecule has 2 aromatic carbocycles. The quantitative estimate of drug-likeness (QED) is 0.720. The number of amides is 1. The van der Waals surface area contributed by atoms with Crippen LogP contribution in [0.2, 0.25) is 0 Å². The number of rotatable bonds is 5. The van der Waals surface area contributed by atoms with Crippen LogP contribution in [0.3, 0.4) is 0 Å². The van der Waals surface area contributed by atoms with Crippen molar-refractivity contribution in [3.63, 3.8) is 0 Å². The van der Waals surface area contributed by atoms with Gasteiger partial charge in [0.1, 0.15) is 11.6 Å². The van der Waals surface area contributed by atoms with Gasteiger partial charge in [-0.05, 0) is 48.7 Å². The van der Waals surface area contributed by atoms with Crippen molar-refractivity contribution < 1.29 is 9.18 Å². The summed E-state index contributed by atoms with van der Waals surface area (Å²) in [5, 5.41) is 3.05. The summed E-state index contributed by atoms with van der Waals surface area (Å²) in [4.78, 5) is 23.7. The highest BCUT2D eigenvalue weighted by Crippen LogP contribution is 2.24. The average Bonchev–Trinajstić information content (AvgIpc) is 2.79. The molecule has 1 N–H and O–H groups in total. The van der Waals surface area contributed by atoms with Gasteiger partial charge in [0.15, 0.2) is 5.82 Å². The number of hydrogen-bond acceptors (Lipinski definition) is 4. The molecular formula is C23H23FN4O. The molecule has 1 aromatic heterocycles. The lowest BCUT2D eigenvalue weighted by atomic mass is 9.97. The average molecular weight is 390 g/mol. The Morgan fingerprint density at radius 3 is 2.69 bits per heavy atom. The second kappa shape index (κ2) is 8.82. The zero-order chi connectivity index (χ0) is 20.1. The Morgan fingerprint density at radius 2 is 1.90 bits per heavy atom. The molecule has 1 aliphatic heterocycles. The first-order valence-corrected chi connectivity index (χ1v) is 9.84. The van der Waals surface area contributed by atoms with Gasteiger partial charge in [-0.2, -0.15) is 0 Å². The lowest BCUT2D eigenvalue weighted by molar-refractivity contribution is -0.125. The van der Waals surface area contributed by atoms with Gasteiger partial charge < -0.3 is 10.2 Å². The molecule has 148 valence electrons. The molecule has 1 unspecified atom stereocenters. The summed E-state index contributed by atoms with van der Waals surface area (Å²) >= 11 is 0. The Kier molecular flexibility index (Phi) is 5.79. The molecule has 5 nitrogen and oxygen atoms in total. The highest BCUT2D eigenvalue weighted by atomic mass is 19.1. The summed E-state index contributed by atoms with van der Waals surface area (Å²) in [5.74, 6) is 1.06. The monoisotopic (exact) mass is 390 g/mol. The van der Waals surface area contributed by atoms with E-state index in [4.69, 9.17) is 0 Å². The van der Waals surface area contributed by atoms with Gasteiger partial charge in [0.25, 0.3) is 0 Å². The third-order valence-electron chi connectivity index (χ3n) is 5.17. The van der Waals surface area contributed by atoms with Crippen LogP contribution in [0.15, 0.2) is 66.9 Å². The van der Waals surface area contributed by atoms with E-state index in [1.54, 1.807) is 18.3 Å². The Labute approximate surface area is 169 Å². The number of anilines is 1. The van der Waals surface area contributed by atoms with Crippen molar-refractivity contribution in [2.75, 3.05) is 18.0 Å². The van der Waals surface area contributed by atoms with Gasteiger partial charge in [-0.15, -0.1) is 0 Å². The standard InChI is InChI=1S/C23H23FN4O/c24-20-10-8-18(9-11-20)22-25-13-12-21(27-22)28-14-4-7-19(16-28)23(29)26-15-17-5-2-1-3-6-17/h1-3,5-6,8-13,19H,4,7,14-16H2,(H,26,29). The fraction of sp³-hybridized carbons (Fsp3) is 0.261. The Morgan fingerprint density at radius 1 is 1.10 bits per heavy atom. The fourth-order valence-electron chi connectivity index (χ4n) is 3.59. The van der Waals surface area contributed by atoms with E-state index in [1.807, 2.05) is 36.4 Å². The number of nitrogens with zero attached hydrogens (tertiary/aromatic N) is 3. The van der Waals surface area contributed by atoms with Crippen molar-refractivity contribution in [3.8, 4) is 11.4 Å². The summed E-state index contributed by atoms with van der Waals surface area (Å²) in [6.45, 7) is 2.02. The van der Waals surface area contributed by atoms with Gasteiger partial charge >= 0.3 is 0 Å². The number of nitrogens with one attached hydrogen (secondary N) is 1. The van der Waals surface area contributed by atoms with Crippen molar-refractivity contribution in [1.29, 1.82) is 0 Å². The second-order valence-electron chi connectivity index (χ2n) is 7.23. The molecule has 1 atom stereocenters. The third-order valence-corrected chi connectivity index (χ3v) is 5.17. The van der Waals surface area contributed by atoms with Crippen molar-refractivity contribution in [1.82, 2.24) is 15.3 Å². The van der Waals surface area contributed by atoms with Gasteiger partial charge in [0, 0.05) is 31.4 Å². The van der Waals surface area contributed by atoms with Crippen molar-refractivity contribution in [2.24, 2.45) is 5.92 Å². The molecule has 29 heavy (non-hydrogen) atoms. The number of aromatic nitrogens is 2. The first-order valence-electron chi connectivity index (χ1n) is 9.84. The van der Waals surface area contributed by atoms with Crippen LogP contribution in [-0.4, -0.2) is 29.0 Å². The topological polar surface area (TPSA) is 58.1 Å². The van der Waals surface area contributed by atoms with Crippen LogP contribution in [0.1, 0.15) is 18.4 Å². The van der Waals surface area contributed by atoms with Crippen LogP contribution < -0.4 is 10.2 Å². The van der Waals surface area contributed by atoms with E-state index < -0.39 is 0 Å². The largest absolute Gasteiger partial charge is 0.356 e. The molecule has 4 rings (SSSR count). The maximum Gasteiger partial charge on any atom is 0.225 e. The van der Waals surface area contributed by atoms with E-state index in [9.17, 15) is 9.18 Å². The summed E-state index contributed by atoms with van der Waals surface area (Å²) < 4.78 is 13.2. The molecule has 1 amide bonds. The highest BCUT2D eigenvalue weighted by molar-refractivity contribution is 5.79. The summed E-state index contributed by atoms with van der Waals surface area (Å²) in [5.41, 5.74) is 1.86. The number of benzene rings is 2. The van der Waals surface area contributed by atoms with E-state index in [1.165, 1.54) is 12.1 Å². The lowest BCUT2D eigenvalue weighted by Crippen LogP contribution is -2.43. The predicted octanol–water partition coefficient (Wildman–Crippen LogP) is 3.82. The summed E-state index contributed by atoms with van der Waals surface area (Å²) in [7, 11) is 0. The Hall–Kier alpha value is -3.28. The lowest BCUT2D eigenvalue weighted by Gasteiger charge is -2.33. The maximum atomic E-state index is 13.2. The SMILES string of the molecule is O=C(NCc1ccccc1)C1CCCN(c2ccnc(-c3ccc(F)cc3)n2)C1. The van der Waals surface area contributed by atoms with Crippen LogP contribution in [0.5, 0.6) is 0 Å². The predicted molar refractivity (Wildman–Crippen MR) is 111 cm³/mol. The molecule has 6 heteroatoms. The zero-order valence-corrected chi connectivity index (χ0v) is 16.1. The maximum absolute atomic E-state index is 13.2. The highest BCUT2D eigenvalue weighted by Gasteiger charge is 2.26. The first kappa shape index (κ1) is 19.1. The number of carbonyl (C=O) groups excluding carboxylic acids is 1. The summed E-state index contributed by atoms with van der Waals surface area (Å²) in [6, 6.07) is 17.9. The molecule has 1 aliphatic rings. The molecule has 0 radical (unpaired) electrons. The molecule has 2 heterocycles. The fourth-order valence-corrected chi connectivity index (χ4v) is 3.59. The van der Waals surface area contributed by atoms with Gasteiger partial charge in [-0.1, -0.05) is 30.3 Å². The minimum atomic E-state index is -0.287. The van der Waals surface area contributed by atoms with E-state index in [2.05, 4.69) is 20.2 Å². The molecule has 0 spiro atoms. The summed E-state index contributed by atoms with van der Waals surface area (Å²) in [6.07, 6.45) is 3.51. The zero-order valence-electron chi connectivity index (χ0n) is 16.1. The molecule has 3 aromatic rings. The Bertz CT molecular complexity index is 962.